The van der Waals surface area contributed by atoms with Crippen molar-refractivity contribution in [1.29, 1.82) is 0 Å². The largest absolute Gasteiger partial charge is 0.507 e. The summed E-state index contributed by atoms with van der Waals surface area (Å²) in [6, 6.07) is 11.4. The highest BCUT2D eigenvalue weighted by Gasteiger charge is 2.17. The number of hydrogen-bond acceptors (Lipinski definition) is 5. The number of hydrogen-bond donors (Lipinski definition) is 2. The molecule has 126 valence electrons. The highest BCUT2D eigenvalue weighted by Crippen LogP contribution is 2.32. The van der Waals surface area contributed by atoms with Crippen LogP contribution in [0.4, 0.5) is 5.69 Å². The van der Waals surface area contributed by atoms with Crippen LogP contribution >= 0.6 is 0 Å². The minimum absolute atomic E-state index is 0.0240. The Balaban J connectivity index is 2.42. The monoisotopic (exact) mass is 328 g/mol. The summed E-state index contributed by atoms with van der Waals surface area (Å²) >= 11 is 0. The zero-order chi connectivity index (χ0) is 17.7. The van der Waals surface area contributed by atoms with Crippen LogP contribution in [0.3, 0.4) is 0 Å². The Morgan fingerprint density at radius 1 is 1.25 bits per heavy atom. The van der Waals surface area contributed by atoms with E-state index in [2.05, 4.69) is 4.99 Å². The van der Waals surface area contributed by atoms with Crippen LogP contribution in [0.5, 0.6) is 5.75 Å². The Morgan fingerprint density at radius 3 is 2.46 bits per heavy atom. The molecule has 0 amide bonds. The van der Waals surface area contributed by atoms with Gasteiger partial charge in [0, 0.05) is 29.5 Å². The average Bonchev–Trinajstić information content (AvgIpc) is 2.57. The highest BCUT2D eigenvalue weighted by atomic mass is 16.6. The van der Waals surface area contributed by atoms with E-state index in [1.807, 2.05) is 44.2 Å². The second-order valence-electron chi connectivity index (χ2n) is 5.77. The molecule has 2 aromatic rings. The molecule has 0 bridgehead atoms. The first-order chi connectivity index (χ1) is 11.4. The van der Waals surface area contributed by atoms with Crippen molar-refractivity contribution < 1.29 is 15.1 Å². The fourth-order valence-electron chi connectivity index (χ4n) is 2.39. The summed E-state index contributed by atoms with van der Waals surface area (Å²) in [6.45, 7) is 3.49. The van der Waals surface area contributed by atoms with E-state index in [1.54, 1.807) is 0 Å². The van der Waals surface area contributed by atoms with E-state index in [0.717, 1.165) is 5.56 Å². The third-order valence-electron chi connectivity index (χ3n) is 3.74. The highest BCUT2D eigenvalue weighted by molar-refractivity contribution is 5.85. The van der Waals surface area contributed by atoms with Gasteiger partial charge in [-0.25, -0.2) is 0 Å². The van der Waals surface area contributed by atoms with E-state index in [1.165, 1.54) is 18.3 Å². The normalized spacial score (nSPS) is 12.7. The van der Waals surface area contributed by atoms with Crippen molar-refractivity contribution in [3.63, 3.8) is 0 Å². The number of nitro groups is 1. The Labute approximate surface area is 140 Å². The molecule has 0 aliphatic rings. The summed E-state index contributed by atoms with van der Waals surface area (Å²) in [6.07, 6.45) is 1.38. The molecule has 2 N–H and O–H groups in total. The third-order valence-corrected chi connectivity index (χ3v) is 3.74. The summed E-state index contributed by atoms with van der Waals surface area (Å²) in [7, 11) is 0. The summed E-state index contributed by atoms with van der Waals surface area (Å²) in [5.74, 6) is -0.0936. The van der Waals surface area contributed by atoms with E-state index in [9.17, 15) is 20.3 Å². The van der Waals surface area contributed by atoms with Gasteiger partial charge in [-0.2, -0.15) is 0 Å². The van der Waals surface area contributed by atoms with Crippen molar-refractivity contribution in [3.05, 3.63) is 69.3 Å². The van der Waals surface area contributed by atoms with Gasteiger partial charge in [0.15, 0.2) is 0 Å². The van der Waals surface area contributed by atoms with Crippen molar-refractivity contribution >= 4 is 11.9 Å². The first-order valence-corrected chi connectivity index (χ1v) is 7.64. The maximum absolute atomic E-state index is 11.1. The van der Waals surface area contributed by atoms with Crippen molar-refractivity contribution in [3.8, 4) is 5.75 Å². The van der Waals surface area contributed by atoms with Gasteiger partial charge >= 0.3 is 0 Å². The van der Waals surface area contributed by atoms with Gasteiger partial charge in [0.05, 0.1) is 17.6 Å². The summed E-state index contributed by atoms with van der Waals surface area (Å²) in [5.41, 5.74) is 1.48. The van der Waals surface area contributed by atoms with Crippen LogP contribution < -0.4 is 0 Å². The molecule has 0 saturated carbocycles. The van der Waals surface area contributed by atoms with Crippen LogP contribution in [0.15, 0.2) is 47.5 Å². The number of rotatable bonds is 6. The van der Waals surface area contributed by atoms with Gasteiger partial charge in [0.1, 0.15) is 5.75 Å². The average molecular weight is 328 g/mol. The Hall–Kier alpha value is -2.73. The molecule has 0 fully saturated rings. The number of aromatic hydroxyl groups is 1. The molecule has 0 spiro atoms. The van der Waals surface area contributed by atoms with E-state index in [4.69, 9.17) is 0 Å². The predicted molar refractivity (Wildman–Crippen MR) is 92.7 cm³/mol. The lowest BCUT2D eigenvalue weighted by Gasteiger charge is -2.12. The molecule has 24 heavy (non-hydrogen) atoms. The summed E-state index contributed by atoms with van der Waals surface area (Å²) < 4.78 is 0. The molecule has 1 atom stereocenters. The van der Waals surface area contributed by atoms with Gasteiger partial charge in [-0.3, -0.25) is 15.1 Å². The maximum Gasteiger partial charge on any atom is 0.270 e. The van der Waals surface area contributed by atoms with E-state index in [-0.39, 0.29) is 29.5 Å². The van der Waals surface area contributed by atoms with E-state index in [0.29, 0.717) is 5.56 Å². The van der Waals surface area contributed by atoms with Crippen LogP contribution in [0.2, 0.25) is 0 Å². The van der Waals surface area contributed by atoms with Crippen molar-refractivity contribution in [2.45, 2.75) is 25.8 Å². The second kappa shape index (κ2) is 7.70. The topological polar surface area (TPSA) is 96.0 Å². The van der Waals surface area contributed by atoms with Crippen LogP contribution in [0.25, 0.3) is 0 Å². The molecule has 6 heteroatoms. The minimum Gasteiger partial charge on any atom is -0.507 e. The molecule has 0 radical (unpaired) electrons. The first kappa shape index (κ1) is 17.6. The number of phenolic OH excluding ortho intramolecular Hbond substituents is 1. The standard InChI is InChI=1S/C18H20N2O4/c1-12(2)16-9-15(20(23)24)8-14(18(16)22)10-19-17(11-21)13-6-4-3-5-7-13/h3-10,12,17,21-22H,11H2,1-2H3/t17-/m1/s1. The quantitative estimate of drug-likeness (QED) is 0.481. The number of benzene rings is 2. The number of nitrogens with zero attached hydrogens (tertiary/aromatic N) is 2. The van der Waals surface area contributed by atoms with Crippen molar-refractivity contribution in [2.75, 3.05) is 6.61 Å². The van der Waals surface area contributed by atoms with Gasteiger partial charge in [0.2, 0.25) is 0 Å². The fourth-order valence-corrected chi connectivity index (χ4v) is 2.39. The molecular weight excluding hydrogens is 308 g/mol. The number of non-ortho nitro benzene ring substituents is 1. The fraction of sp³-hybridized carbons (Fsp3) is 0.278. The Kier molecular flexibility index (Phi) is 5.65. The lowest BCUT2D eigenvalue weighted by molar-refractivity contribution is -0.385. The van der Waals surface area contributed by atoms with Gasteiger partial charge in [0.25, 0.3) is 5.69 Å². The molecule has 0 heterocycles. The lowest BCUT2D eigenvalue weighted by Crippen LogP contribution is -2.02. The zero-order valence-electron chi connectivity index (χ0n) is 13.6. The molecule has 6 nitrogen and oxygen atoms in total. The SMILES string of the molecule is CC(C)c1cc([N+](=O)[O-])cc(C=N[C@H](CO)c2ccccc2)c1O. The molecule has 0 unspecified atom stereocenters. The number of aliphatic hydroxyl groups is 1. The van der Waals surface area contributed by atoms with Gasteiger partial charge in [-0.1, -0.05) is 44.2 Å². The lowest BCUT2D eigenvalue weighted by atomic mass is 9.98. The molecular formula is C18H20N2O4. The van der Waals surface area contributed by atoms with Crippen LogP contribution in [-0.2, 0) is 0 Å². The minimum atomic E-state index is -0.497. The number of nitro benzene ring substituents is 1. The maximum atomic E-state index is 11.1. The first-order valence-electron chi connectivity index (χ1n) is 7.64. The van der Waals surface area contributed by atoms with Gasteiger partial charge in [-0.05, 0) is 11.5 Å². The number of phenols is 1. The van der Waals surface area contributed by atoms with Crippen LogP contribution in [0, 0.1) is 10.1 Å². The second-order valence-corrected chi connectivity index (χ2v) is 5.77. The molecule has 0 aromatic heterocycles. The molecule has 0 aliphatic carbocycles. The molecule has 0 aliphatic heterocycles. The van der Waals surface area contributed by atoms with Crippen LogP contribution in [-0.4, -0.2) is 28.0 Å². The van der Waals surface area contributed by atoms with Crippen molar-refractivity contribution in [1.82, 2.24) is 0 Å². The number of aliphatic hydroxyl groups excluding tert-OH is 1. The zero-order valence-corrected chi connectivity index (χ0v) is 13.6. The van der Waals surface area contributed by atoms with Gasteiger partial charge < -0.3 is 10.2 Å². The molecule has 2 aromatic carbocycles. The summed E-state index contributed by atoms with van der Waals surface area (Å²) in [4.78, 5) is 14.9. The van der Waals surface area contributed by atoms with Gasteiger partial charge in [-0.15, -0.1) is 0 Å². The molecule has 0 saturated heterocycles. The van der Waals surface area contributed by atoms with Crippen LogP contribution in [0.1, 0.15) is 42.5 Å². The Morgan fingerprint density at radius 2 is 1.92 bits per heavy atom. The number of aliphatic imine (C=N–C) groups is 1. The Bertz CT molecular complexity index is 742. The van der Waals surface area contributed by atoms with Crippen molar-refractivity contribution in [2.24, 2.45) is 4.99 Å². The molecule has 2 rings (SSSR count). The smallest absolute Gasteiger partial charge is 0.270 e. The van der Waals surface area contributed by atoms with E-state index >= 15 is 0 Å². The summed E-state index contributed by atoms with van der Waals surface area (Å²) in [5, 5.41) is 31.0. The van der Waals surface area contributed by atoms with E-state index < -0.39 is 11.0 Å². The third kappa shape index (κ3) is 3.97. The predicted octanol–water partition coefficient (Wildman–Crippen LogP) is 3.58.